The number of aromatic amines is 1. The SMILES string of the molecule is c1ncc2cc3[nH]onc3cc12. The summed E-state index contributed by atoms with van der Waals surface area (Å²) >= 11 is 0. The van der Waals surface area contributed by atoms with Gasteiger partial charge in [-0.15, -0.1) is 0 Å². The topological polar surface area (TPSA) is 54.7 Å². The van der Waals surface area contributed by atoms with Crippen LogP contribution in [0.5, 0.6) is 0 Å². The van der Waals surface area contributed by atoms with Gasteiger partial charge in [-0.25, -0.2) is 0 Å². The first-order chi connectivity index (χ1) is 5.93. The second-order valence-electron chi connectivity index (χ2n) is 2.69. The molecule has 4 heteroatoms. The molecule has 0 aliphatic carbocycles. The lowest BCUT2D eigenvalue weighted by Crippen LogP contribution is -1.68. The fourth-order valence-corrected chi connectivity index (χ4v) is 1.32. The van der Waals surface area contributed by atoms with Gasteiger partial charge in [0.1, 0.15) is 11.0 Å². The molecule has 2 heterocycles. The molecule has 0 atom stereocenters. The molecule has 0 aliphatic heterocycles. The Labute approximate surface area is 67.1 Å². The summed E-state index contributed by atoms with van der Waals surface area (Å²) < 4.78 is 4.71. The molecular formula is C8H5N3O. The maximum Gasteiger partial charge on any atom is 0.133 e. The molecule has 0 saturated carbocycles. The lowest BCUT2D eigenvalue weighted by Gasteiger charge is -1.85. The Hall–Kier alpha value is -1.84. The van der Waals surface area contributed by atoms with E-state index >= 15 is 0 Å². The number of rotatable bonds is 0. The Balaban J connectivity index is 2.62. The molecule has 0 fully saturated rings. The molecule has 3 aromatic rings. The highest BCUT2D eigenvalue weighted by atomic mass is 16.6. The molecule has 0 spiro atoms. The van der Waals surface area contributed by atoms with Crippen LogP contribution in [0.1, 0.15) is 0 Å². The van der Waals surface area contributed by atoms with Crippen LogP contribution in [0.4, 0.5) is 0 Å². The third-order valence-electron chi connectivity index (χ3n) is 1.93. The summed E-state index contributed by atoms with van der Waals surface area (Å²) in [6, 6.07) is 3.91. The predicted octanol–water partition coefficient (Wildman–Crippen LogP) is 1.70. The van der Waals surface area contributed by atoms with E-state index in [1.54, 1.807) is 0 Å². The number of H-pyrrole nitrogens is 1. The predicted molar refractivity (Wildman–Crippen MR) is 43.7 cm³/mol. The van der Waals surface area contributed by atoms with Crippen molar-refractivity contribution in [2.45, 2.75) is 0 Å². The van der Waals surface area contributed by atoms with Crippen molar-refractivity contribution in [2.75, 3.05) is 0 Å². The third kappa shape index (κ3) is 0.611. The van der Waals surface area contributed by atoms with Gasteiger partial charge >= 0.3 is 0 Å². The van der Waals surface area contributed by atoms with Crippen LogP contribution in [0.25, 0.3) is 21.8 Å². The first kappa shape index (κ1) is 5.77. The molecule has 58 valence electrons. The van der Waals surface area contributed by atoms with Crippen molar-refractivity contribution in [3.8, 4) is 0 Å². The second kappa shape index (κ2) is 1.85. The number of nitrogens with one attached hydrogen (secondary N) is 1. The van der Waals surface area contributed by atoms with Gasteiger partial charge in [-0.05, 0) is 12.1 Å². The van der Waals surface area contributed by atoms with Crippen molar-refractivity contribution in [3.05, 3.63) is 24.5 Å². The normalized spacial score (nSPS) is 11.3. The summed E-state index contributed by atoms with van der Waals surface area (Å²) in [6.45, 7) is 0. The summed E-state index contributed by atoms with van der Waals surface area (Å²) in [5.41, 5.74) is 1.73. The van der Waals surface area contributed by atoms with E-state index in [9.17, 15) is 0 Å². The van der Waals surface area contributed by atoms with Crippen molar-refractivity contribution in [2.24, 2.45) is 0 Å². The summed E-state index contributed by atoms with van der Waals surface area (Å²) in [5, 5.41) is 8.66. The van der Waals surface area contributed by atoms with Crippen LogP contribution in [0.2, 0.25) is 0 Å². The monoisotopic (exact) mass is 159 g/mol. The van der Waals surface area contributed by atoms with Crippen molar-refractivity contribution in [1.29, 1.82) is 0 Å². The smallest absolute Gasteiger partial charge is 0.133 e. The van der Waals surface area contributed by atoms with Gasteiger partial charge in [-0.3, -0.25) is 9.61 Å². The van der Waals surface area contributed by atoms with E-state index in [0.29, 0.717) is 0 Å². The largest absolute Gasteiger partial charge is 0.270 e. The maximum absolute atomic E-state index is 4.71. The number of nitrogens with zero attached hydrogens (tertiary/aromatic N) is 2. The van der Waals surface area contributed by atoms with Gasteiger partial charge in [-0.2, -0.15) is 5.16 Å². The third-order valence-corrected chi connectivity index (χ3v) is 1.93. The highest BCUT2D eigenvalue weighted by Crippen LogP contribution is 2.19. The molecule has 4 nitrogen and oxygen atoms in total. The number of fused-ring (bicyclic) bond motifs is 2. The van der Waals surface area contributed by atoms with Crippen molar-refractivity contribution < 1.29 is 4.63 Å². The molecule has 3 rings (SSSR count). The highest BCUT2D eigenvalue weighted by Gasteiger charge is 2.01. The number of benzene rings is 1. The molecule has 0 aliphatic rings. The Morgan fingerprint density at radius 2 is 2.00 bits per heavy atom. The molecule has 12 heavy (non-hydrogen) atoms. The van der Waals surface area contributed by atoms with E-state index in [4.69, 9.17) is 4.63 Å². The van der Waals surface area contributed by atoms with E-state index in [0.717, 1.165) is 21.8 Å². The molecule has 1 N–H and O–H groups in total. The lowest BCUT2D eigenvalue weighted by molar-refractivity contribution is 0.315. The summed E-state index contributed by atoms with van der Waals surface area (Å²) in [6.07, 6.45) is 3.62. The summed E-state index contributed by atoms with van der Waals surface area (Å²) in [7, 11) is 0. The van der Waals surface area contributed by atoms with Crippen LogP contribution in [0.3, 0.4) is 0 Å². The van der Waals surface area contributed by atoms with Gasteiger partial charge < -0.3 is 0 Å². The quantitative estimate of drug-likeness (QED) is 0.543. The highest BCUT2D eigenvalue weighted by molar-refractivity contribution is 5.94. The van der Waals surface area contributed by atoms with Crippen LogP contribution in [-0.4, -0.2) is 15.3 Å². The molecule has 0 saturated heterocycles. The zero-order valence-corrected chi connectivity index (χ0v) is 6.11. The minimum atomic E-state index is 0.829. The zero-order chi connectivity index (χ0) is 7.97. The molecular weight excluding hydrogens is 154 g/mol. The first-order valence-electron chi connectivity index (χ1n) is 3.61. The lowest BCUT2D eigenvalue weighted by atomic mass is 10.2. The summed E-state index contributed by atoms with van der Waals surface area (Å²) in [4.78, 5) is 4.03. The average Bonchev–Trinajstić information content (AvgIpc) is 2.64. The van der Waals surface area contributed by atoms with Gasteiger partial charge in [0.2, 0.25) is 0 Å². The zero-order valence-electron chi connectivity index (χ0n) is 6.11. The van der Waals surface area contributed by atoms with Crippen molar-refractivity contribution in [1.82, 2.24) is 15.3 Å². The summed E-state index contributed by atoms with van der Waals surface area (Å²) in [5.74, 6) is 0. The van der Waals surface area contributed by atoms with Crippen LogP contribution in [0, 0.1) is 0 Å². The fraction of sp³-hybridized carbons (Fsp3) is 0. The average molecular weight is 159 g/mol. The number of hydrogen-bond donors (Lipinski definition) is 1. The van der Waals surface area contributed by atoms with E-state index in [2.05, 4.69) is 15.3 Å². The first-order valence-corrected chi connectivity index (χ1v) is 3.61. The van der Waals surface area contributed by atoms with Gasteiger partial charge in [0.15, 0.2) is 0 Å². The van der Waals surface area contributed by atoms with Crippen LogP contribution < -0.4 is 0 Å². The van der Waals surface area contributed by atoms with E-state index in [1.165, 1.54) is 0 Å². The van der Waals surface area contributed by atoms with Crippen molar-refractivity contribution >= 4 is 21.8 Å². The standard InChI is InChI=1S/C8H5N3O/c1-5-3-9-4-6(5)2-8-7(1)10-12-11-8/h1-4,10H. The van der Waals surface area contributed by atoms with E-state index < -0.39 is 0 Å². The molecule has 0 radical (unpaired) electrons. The Morgan fingerprint density at radius 3 is 2.92 bits per heavy atom. The maximum atomic E-state index is 4.71. The molecule has 2 aromatic heterocycles. The van der Waals surface area contributed by atoms with Gasteiger partial charge in [0, 0.05) is 23.2 Å². The van der Waals surface area contributed by atoms with Crippen LogP contribution >= 0.6 is 0 Å². The molecule has 0 bridgehead atoms. The number of hydrogen-bond acceptors (Lipinski definition) is 3. The fourth-order valence-electron chi connectivity index (χ4n) is 1.32. The molecule has 0 amide bonds. The Bertz CT molecular complexity index is 446. The molecule has 1 aromatic carbocycles. The second-order valence-corrected chi connectivity index (χ2v) is 2.69. The van der Waals surface area contributed by atoms with Crippen LogP contribution in [0.15, 0.2) is 29.2 Å². The van der Waals surface area contributed by atoms with Gasteiger partial charge in [0.25, 0.3) is 0 Å². The van der Waals surface area contributed by atoms with Crippen LogP contribution in [-0.2, 0) is 0 Å². The minimum absolute atomic E-state index is 0.829. The van der Waals surface area contributed by atoms with Gasteiger partial charge in [-0.1, -0.05) is 5.16 Å². The minimum Gasteiger partial charge on any atom is -0.270 e. The van der Waals surface area contributed by atoms with E-state index in [-0.39, 0.29) is 0 Å². The molecule has 0 unspecified atom stereocenters. The van der Waals surface area contributed by atoms with Gasteiger partial charge in [0.05, 0.1) is 0 Å². The van der Waals surface area contributed by atoms with E-state index in [1.807, 2.05) is 24.5 Å². The Kier molecular flexibility index (Phi) is 0.889. The Morgan fingerprint density at radius 1 is 1.17 bits per heavy atom. The number of aromatic nitrogens is 3. The van der Waals surface area contributed by atoms with Crippen molar-refractivity contribution in [3.63, 3.8) is 0 Å².